The van der Waals surface area contributed by atoms with Crippen LogP contribution < -0.4 is 17.0 Å². The lowest BCUT2D eigenvalue weighted by molar-refractivity contribution is -0.124. The number of hydrogen-bond donors (Lipinski definition) is 8. The SMILES string of the molecule is CO[C@](CN)(COP(=O)(O)OP(=O)(O)OP(=O)(O)O)[C@@H](O)Cn1cnc2c(=O)[nH]c(N)nc21. The fourth-order valence-electron chi connectivity index (χ4n) is 2.52. The number of aromatic amines is 1. The van der Waals surface area contributed by atoms with Gasteiger partial charge in [0, 0.05) is 13.7 Å². The number of nitrogen functional groups attached to an aromatic ring is 1. The molecule has 0 aliphatic rings. The molecule has 0 saturated heterocycles. The van der Waals surface area contributed by atoms with E-state index in [0.717, 1.165) is 13.4 Å². The molecule has 10 N–H and O–H groups in total. The molecule has 0 aromatic carbocycles. The lowest BCUT2D eigenvalue weighted by Gasteiger charge is -2.35. The highest BCUT2D eigenvalue weighted by Gasteiger charge is 2.44. The molecule has 2 unspecified atom stereocenters. The molecule has 2 aromatic rings. The normalized spacial score (nSPS) is 19.0. The predicted octanol–water partition coefficient (Wildman–Crippen LogP) is -2.25. The molecule has 19 nitrogen and oxygen atoms in total. The standard InChI is InChI=1S/C11H21N6O13P3/c1-27-11(3-12,4-28-32(23,24)30-33(25,26)29-31(20,21)22)6(18)2-17-5-14-7-8(17)15-10(13)16-9(7)19/h5-6,18H,2-4,12H2,1H3,(H,23,24)(H,25,26)(H2,20,21,22)(H3,13,15,16,19)/t6-,11+/m0/s1. The Morgan fingerprint density at radius 3 is 2.39 bits per heavy atom. The largest absolute Gasteiger partial charge is 0.490 e. The minimum atomic E-state index is -5.74. The van der Waals surface area contributed by atoms with Crippen LogP contribution in [0, 0.1) is 0 Å². The molecule has 0 saturated carbocycles. The van der Waals surface area contributed by atoms with Gasteiger partial charge in [-0.1, -0.05) is 0 Å². The molecule has 188 valence electrons. The minimum absolute atomic E-state index is 0.00906. The quantitative estimate of drug-likeness (QED) is 0.132. The average Bonchev–Trinajstić information content (AvgIpc) is 3.03. The third-order valence-electron chi connectivity index (χ3n) is 4.11. The summed E-state index contributed by atoms with van der Waals surface area (Å²) in [6.07, 6.45) is -0.478. The summed E-state index contributed by atoms with van der Waals surface area (Å²) >= 11 is 0. The van der Waals surface area contributed by atoms with E-state index < -0.39 is 60.4 Å². The van der Waals surface area contributed by atoms with Crippen molar-refractivity contribution < 1.29 is 56.3 Å². The van der Waals surface area contributed by atoms with Gasteiger partial charge in [0.05, 0.1) is 19.5 Å². The number of fused-ring (bicyclic) bond motifs is 1. The van der Waals surface area contributed by atoms with Crippen LogP contribution in [0.3, 0.4) is 0 Å². The van der Waals surface area contributed by atoms with Gasteiger partial charge in [0.15, 0.2) is 11.2 Å². The number of nitrogens with zero attached hydrogens (tertiary/aromatic N) is 3. The topological polar surface area (TPSA) is 305 Å². The Morgan fingerprint density at radius 1 is 1.21 bits per heavy atom. The van der Waals surface area contributed by atoms with Crippen molar-refractivity contribution in [1.29, 1.82) is 0 Å². The lowest BCUT2D eigenvalue weighted by atomic mass is 9.97. The van der Waals surface area contributed by atoms with Crippen LogP contribution in [0.4, 0.5) is 5.95 Å². The number of ether oxygens (including phenoxy) is 1. The fraction of sp³-hybridized carbons (Fsp3) is 0.545. The molecule has 22 heteroatoms. The summed E-state index contributed by atoms with van der Waals surface area (Å²) in [7, 11) is -15.8. The summed E-state index contributed by atoms with van der Waals surface area (Å²) < 4.78 is 52.2. The van der Waals surface area contributed by atoms with Gasteiger partial charge in [-0.3, -0.25) is 14.3 Å². The van der Waals surface area contributed by atoms with Crippen molar-refractivity contribution in [2.75, 3.05) is 26.0 Å². The molecule has 0 aliphatic heterocycles. The molecule has 0 bridgehead atoms. The highest BCUT2D eigenvalue weighted by molar-refractivity contribution is 7.66. The van der Waals surface area contributed by atoms with Crippen LogP contribution in [-0.4, -0.2) is 76.2 Å². The molecular weight excluding hydrogens is 517 g/mol. The zero-order valence-electron chi connectivity index (χ0n) is 16.6. The van der Waals surface area contributed by atoms with Gasteiger partial charge >= 0.3 is 23.5 Å². The maximum absolute atomic E-state index is 12.0. The Hall–Kier alpha value is -1.56. The number of hydrogen-bond acceptors (Lipinski definition) is 13. The number of aliphatic hydroxyl groups is 1. The summed E-state index contributed by atoms with van der Waals surface area (Å²) in [5.41, 5.74) is 8.44. The zero-order chi connectivity index (χ0) is 25.2. The molecule has 33 heavy (non-hydrogen) atoms. The second-order valence-electron chi connectivity index (χ2n) is 6.37. The Bertz CT molecular complexity index is 1190. The first-order chi connectivity index (χ1) is 15.0. The van der Waals surface area contributed by atoms with Crippen LogP contribution in [0.2, 0.25) is 0 Å². The number of H-pyrrole nitrogens is 1. The van der Waals surface area contributed by atoms with Gasteiger partial charge in [-0.05, 0) is 0 Å². The van der Waals surface area contributed by atoms with E-state index in [-0.39, 0.29) is 17.1 Å². The van der Waals surface area contributed by atoms with Crippen LogP contribution in [0.15, 0.2) is 11.1 Å². The maximum Gasteiger partial charge on any atom is 0.490 e. The number of nitrogens with one attached hydrogen (secondary N) is 1. The first-order valence-corrected chi connectivity index (χ1v) is 13.0. The van der Waals surface area contributed by atoms with Gasteiger partial charge in [-0.15, -0.1) is 0 Å². The number of phosphoric ester groups is 1. The highest BCUT2D eigenvalue weighted by Crippen LogP contribution is 2.66. The molecule has 0 aliphatic carbocycles. The second-order valence-corrected chi connectivity index (χ2v) is 10.8. The van der Waals surface area contributed by atoms with E-state index in [9.17, 15) is 33.4 Å². The Balaban J connectivity index is 2.20. The van der Waals surface area contributed by atoms with Crippen LogP contribution in [0.5, 0.6) is 0 Å². The highest BCUT2D eigenvalue weighted by atomic mass is 31.3. The van der Waals surface area contributed by atoms with E-state index in [2.05, 4.69) is 28.1 Å². The second kappa shape index (κ2) is 9.97. The van der Waals surface area contributed by atoms with E-state index in [1.165, 1.54) is 4.57 Å². The number of methoxy groups -OCH3 is 1. The van der Waals surface area contributed by atoms with Crippen molar-refractivity contribution in [2.45, 2.75) is 18.2 Å². The van der Waals surface area contributed by atoms with Gasteiger partial charge in [-0.2, -0.15) is 13.6 Å². The van der Waals surface area contributed by atoms with Crippen molar-refractivity contribution in [2.24, 2.45) is 5.73 Å². The monoisotopic (exact) mass is 538 g/mol. The van der Waals surface area contributed by atoms with Crippen molar-refractivity contribution in [3.05, 3.63) is 16.7 Å². The first kappa shape index (κ1) is 27.7. The van der Waals surface area contributed by atoms with E-state index in [1.54, 1.807) is 0 Å². The van der Waals surface area contributed by atoms with Gasteiger partial charge in [0.1, 0.15) is 11.7 Å². The number of nitrogens with two attached hydrogens (primary N) is 2. The molecule has 2 rings (SSSR count). The Morgan fingerprint density at radius 2 is 1.85 bits per heavy atom. The van der Waals surface area contributed by atoms with Gasteiger partial charge < -0.3 is 45.5 Å². The predicted molar refractivity (Wildman–Crippen MR) is 107 cm³/mol. The zero-order valence-corrected chi connectivity index (χ0v) is 19.3. The maximum atomic E-state index is 12.0. The van der Waals surface area contributed by atoms with Crippen molar-refractivity contribution in [1.82, 2.24) is 19.5 Å². The number of phosphoric acid groups is 3. The van der Waals surface area contributed by atoms with Gasteiger partial charge in [0.2, 0.25) is 5.95 Å². The minimum Gasteiger partial charge on any atom is -0.388 e. The van der Waals surface area contributed by atoms with Crippen molar-refractivity contribution >= 4 is 40.6 Å². The molecular formula is C11H21N6O13P3. The first-order valence-electron chi connectivity index (χ1n) is 8.45. The van der Waals surface area contributed by atoms with Crippen LogP contribution in [0.25, 0.3) is 11.2 Å². The molecule has 4 atom stereocenters. The van der Waals surface area contributed by atoms with Crippen LogP contribution in [-0.2, 0) is 38.1 Å². The average molecular weight is 538 g/mol. The summed E-state index contributed by atoms with van der Waals surface area (Å²) in [6, 6.07) is 0. The number of aliphatic hydroxyl groups excluding tert-OH is 1. The van der Waals surface area contributed by atoms with Crippen LogP contribution >= 0.6 is 23.5 Å². The molecule has 0 spiro atoms. The number of anilines is 1. The Kier molecular flexibility index (Phi) is 8.36. The van der Waals surface area contributed by atoms with Gasteiger partial charge in [0.25, 0.3) is 5.56 Å². The summed E-state index contributed by atoms with van der Waals surface area (Å²) in [4.78, 5) is 57.8. The summed E-state index contributed by atoms with van der Waals surface area (Å²) in [6.45, 7) is -1.95. The van der Waals surface area contributed by atoms with Crippen LogP contribution in [0.1, 0.15) is 0 Å². The lowest BCUT2D eigenvalue weighted by Crippen LogP contribution is -2.55. The summed E-state index contributed by atoms with van der Waals surface area (Å²) in [5, 5.41) is 10.7. The molecule has 0 amide bonds. The van der Waals surface area contributed by atoms with E-state index in [4.69, 9.17) is 26.0 Å². The third-order valence-corrected chi connectivity index (χ3v) is 7.89. The molecule has 0 radical (unpaired) electrons. The fourth-order valence-corrected chi connectivity index (χ4v) is 5.60. The van der Waals surface area contributed by atoms with Gasteiger partial charge in [-0.25, -0.2) is 18.7 Å². The smallest absolute Gasteiger partial charge is 0.388 e. The van der Waals surface area contributed by atoms with Crippen molar-refractivity contribution in [3.8, 4) is 0 Å². The number of imidazole rings is 1. The van der Waals surface area contributed by atoms with E-state index >= 15 is 0 Å². The molecule has 2 aromatic heterocycles. The third kappa shape index (κ3) is 7.21. The van der Waals surface area contributed by atoms with E-state index in [1.807, 2.05) is 0 Å². The van der Waals surface area contributed by atoms with Crippen molar-refractivity contribution in [3.63, 3.8) is 0 Å². The molecule has 0 fully saturated rings. The molecule has 2 heterocycles. The number of rotatable bonds is 12. The Labute approximate surface area is 183 Å². The number of aromatic nitrogens is 4. The summed E-state index contributed by atoms with van der Waals surface area (Å²) in [5.74, 6) is -0.228. The van der Waals surface area contributed by atoms with E-state index in [0.29, 0.717) is 0 Å².